The number of amides is 1. The molecule has 2 aromatic carbocycles. The predicted octanol–water partition coefficient (Wildman–Crippen LogP) is 4.25. The summed E-state index contributed by atoms with van der Waals surface area (Å²) in [4.78, 5) is 40.2. The third kappa shape index (κ3) is 3.14. The lowest BCUT2D eigenvalue weighted by molar-refractivity contribution is 0.0600. The van der Waals surface area contributed by atoms with Crippen LogP contribution in [0.4, 0.5) is 5.13 Å². The van der Waals surface area contributed by atoms with E-state index < -0.39 is 17.9 Å². The van der Waals surface area contributed by atoms with E-state index in [0.29, 0.717) is 32.2 Å². The molecule has 0 spiro atoms. The van der Waals surface area contributed by atoms with Gasteiger partial charge in [0.15, 0.2) is 5.43 Å². The van der Waals surface area contributed by atoms with Crippen LogP contribution < -0.4 is 10.3 Å². The number of hydrogen-bond donors (Lipinski definition) is 0. The van der Waals surface area contributed by atoms with Crippen molar-refractivity contribution in [1.82, 2.24) is 10.2 Å². The average molecular weight is 512 g/mol. The second kappa shape index (κ2) is 7.64. The Labute approximate surface area is 193 Å². The van der Waals surface area contributed by atoms with E-state index in [2.05, 4.69) is 26.1 Å². The molecular weight excluding hydrogens is 498 g/mol. The fourth-order valence-electron chi connectivity index (χ4n) is 3.76. The van der Waals surface area contributed by atoms with Gasteiger partial charge in [0, 0.05) is 4.47 Å². The van der Waals surface area contributed by atoms with E-state index in [1.807, 2.05) is 0 Å². The summed E-state index contributed by atoms with van der Waals surface area (Å²) in [5.74, 6) is -0.980. The minimum Gasteiger partial charge on any atom is -0.465 e. The molecule has 2 aromatic heterocycles. The number of hydrogen-bond acceptors (Lipinski definition) is 8. The van der Waals surface area contributed by atoms with Gasteiger partial charge >= 0.3 is 5.97 Å². The van der Waals surface area contributed by atoms with Crippen molar-refractivity contribution >= 4 is 55.2 Å². The third-order valence-electron chi connectivity index (χ3n) is 5.20. The monoisotopic (exact) mass is 511 g/mol. The van der Waals surface area contributed by atoms with Crippen LogP contribution in [0.25, 0.3) is 11.0 Å². The van der Waals surface area contributed by atoms with Gasteiger partial charge in [-0.1, -0.05) is 39.4 Å². The molecule has 0 saturated heterocycles. The topological polar surface area (TPSA) is 103 Å². The van der Waals surface area contributed by atoms with Crippen molar-refractivity contribution in [2.45, 2.75) is 13.0 Å². The van der Waals surface area contributed by atoms with Crippen molar-refractivity contribution < 1.29 is 18.7 Å². The van der Waals surface area contributed by atoms with Gasteiger partial charge in [-0.15, -0.1) is 10.2 Å². The van der Waals surface area contributed by atoms with Gasteiger partial charge in [-0.2, -0.15) is 0 Å². The van der Waals surface area contributed by atoms with Crippen molar-refractivity contribution in [3.8, 4) is 0 Å². The summed E-state index contributed by atoms with van der Waals surface area (Å²) in [6.45, 7) is 1.78. The Morgan fingerprint density at radius 1 is 1.16 bits per heavy atom. The molecule has 3 heterocycles. The quantitative estimate of drug-likeness (QED) is 0.378. The van der Waals surface area contributed by atoms with Crippen LogP contribution in [0.5, 0.6) is 0 Å². The largest absolute Gasteiger partial charge is 0.465 e. The number of fused-ring (bicyclic) bond motifs is 2. The number of anilines is 1. The van der Waals surface area contributed by atoms with E-state index in [1.165, 1.54) is 23.3 Å². The minimum atomic E-state index is -0.781. The lowest BCUT2D eigenvalue weighted by atomic mass is 9.98. The van der Waals surface area contributed by atoms with E-state index in [4.69, 9.17) is 9.15 Å². The zero-order valence-corrected chi connectivity index (χ0v) is 19.2. The number of halogens is 1. The molecule has 0 N–H and O–H groups in total. The Bertz CT molecular complexity index is 1460. The number of esters is 1. The van der Waals surface area contributed by atoms with Gasteiger partial charge in [0.25, 0.3) is 5.91 Å². The average Bonchev–Trinajstić information content (AvgIpc) is 3.35. The molecule has 1 unspecified atom stereocenters. The van der Waals surface area contributed by atoms with Gasteiger partial charge in [0.1, 0.15) is 10.6 Å². The maximum absolute atomic E-state index is 13.5. The predicted molar refractivity (Wildman–Crippen MR) is 121 cm³/mol. The number of aryl methyl sites for hydroxylation is 1. The fraction of sp³-hybridized carbons (Fsp3) is 0.136. The van der Waals surface area contributed by atoms with Crippen LogP contribution in [0.3, 0.4) is 0 Å². The summed E-state index contributed by atoms with van der Waals surface area (Å²) in [6.07, 6.45) is 0. The number of ether oxygens (including phenoxy) is 1. The molecular formula is C22H14BrN3O5S. The lowest BCUT2D eigenvalue weighted by Gasteiger charge is -2.22. The van der Waals surface area contributed by atoms with E-state index in [-0.39, 0.29) is 16.8 Å². The molecule has 0 fully saturated rings. The summed E-state index contributed by atoms with van der Waals surface area (Å²) < 4.78 is 11.4. The molecule has 8 nitrogen and oxygen atoms in total. The van der Waals surface area contributed by atoms with Gasteiger partial charge in [-0.3, -0.25) is 14.5 Å². The molecule has 0 saturated carbocycles. The molecule has 4 aromatic rings. The zero-order valence-electron chi connectivity index (χ0n) is 16.8. The Kier molecular flexibility index (Phi) is 4.90. The van der Waals surface area contributed by atoms with Crippen LogP contribution in [0.2, 0.25) is 0 Å². The number of nitrogens with zero attached hydrogens (tertiary/aromatic N) is 3. The van der Waals surface area contributed by atoms with Gasteiger partial charge in [0.05, 0.1) is 29.7 Å². The minimum absolute atomic E-state index is 0.0280. The highest BCUT2D eigenvalue weighted by Crippen LogP contribution is 2.42. The highest BCUT2D eigenvalue weighted by molar-refractivity contribution is 9.10. The Balaban J connectivity index is 1.76. The first-order chi connectivity index (χ1) is 15.4. The summed E-state index contributed by atoms with van der Waals surface area (Å²) >= 11 is 4.62. The van der Waals surface area contributed by atoms with Crippen LogP contribution >= 0.6 is 27.3 Å². The molecule has 1 atom stereocenters. The van der Waals surface area contributed by atoms with E-state index in [0.717, 1.165) is 4.47 Å². The maximum atomic E-state index is 13.5. The van der Waals surface area contributed by atoms with E-state index in [9.17, 15) is 14.4 Å². The molecule has 1 amide bonds. The second-order valence-electron chi connectivity index (χ2n) is 7.11. The number of carbonyl (C=O) groups excluding carboxylic acids is 2. The Hall–Kier alpha value is -3.37. The standard InChI is InChI=1S/C22H14BrN3O5S/c1-10-24-25-22(32-10)26-17(11-3-5-12(6-4-11)21(29)30-2)16-18(27)14-9-13(23)7-8-15(14)31-19(16)20(26)28/h3-9,17H,1-2H3. The van der Waals surface area contributed by atoms with Crippen LogP contribution in [0.15, 0.2) is 56.1 Å². The molecule has 10 heteroatoms. The number of rotatable bonds is 3. The first kappa shape index (κ1) is 20.5. The molecule has 160 valence electrons. The van der Waals surface area contributed by atoms with E-state index in [1.54, 1.807) is 49.4 Å². The second-order valence-corrected chi connectivity index (χ2v) is 9.19. The van der Waals surface area contributed by atoms with Crippen LogP contribution in [-0.4, -0.2) is 29.2 Å². The summed E-state index contributed by atoms with van der Waals surface area (Å²) in [6, 6.07) is 10.8. The molecule has 0 aliphatic carbocycles. The van der Waals surface area contributed by atoms with E-state index >= 15 is 0 Å². The van der Waals surface area contributed by atoms with Crippen LogP contribution in [0.1, 0.15) is 43.1 Å². The maximum Gasteiger partial charge on any atom is 0.337 e. The van der Waals surface area contributed by atoms with Crippen molar-refractivity contribution in [3.05, 3.63) is 84.6 Å². The fourth-order valence-corrected chi connectivity index (χ4v) is 4.84. The normalized spacial score (nSPS) is 15.3. The Morgan fingerprint density at radius 2 is 1.91 bits per heavy atom. The molecule has 1 aliphatic heterocycles. The van der Waals surface area contributed by atoms with Crippen LogP contribution in [-0.2, 0) is 4.74 Å². The Morgan fingerprint density at radius 3 is 2.56 bits per heavy atom. The zero-order chi connectivity index (χ0) is 22.6. The highest BCUT2D eigenvalue weighted by Gasteiger charge is 2.45. The SMILES string of the molecule is COC(=O)c1ccc(C2c3c(oc4ccc(Br)cc4c3=O)C(=O)N2c2nnc(C)s2)cc1. The van der Waals surface area contributed by atoms with Gasteiger partial charge < -0.3 is 9.15 Å². The number of methoxy groups -OCH3 is 1. The number of aromatic nitrogens is 2. The van der Waals surface area contributed by atoms with Gasteiger partial charge in [-0.25, -0.2) is 4.79 Å². The summed E-state index contributed by atoms with van der Waals surface area (Å²) in [5, 5.41) is 9.54. The molecule has 32 heavy (non-hydrogen) atoms. The van der Waals surface area contributed by atoms with Crippen molar-refractivity contribution in [1.29, 1.82) is 0 Å². The number of benzene rings is 2. The molecule has 1 aliphatic rings. The van der Waals surface area contributed by atoms with Crippen molar-refractivity contribution in [2.24, 2.45) is 0 Å². The molecule has 5 rings (SSSR count). The number of carbonyl (C=O) groups is 2. The highest BCUT2D eigenvalue weighted by atomic mass is 79.9. The van der Waals surface area contributed by atoms with Crippen LogP contribution in [0, 0.1) is 6.92 Å². The summed E-state index contributed by atoms with van der Waals surface area (Å²) in [5.41, 5.74) is 1.22. The van der Waals surface area contributed by atoms with Crippen molar-refractivity contribution in [2.75, 3.05) is 12.0 Å². The first-order valence-corrected chi connectivity index (χ1v) is 11.1. The smallest absolute Gasteiger partial charge is 0.337 e. The molecule has 0 radical (unpaired) electrons. The van der Waals surface area contributed by atoms with Crippen molar-refractivity contribution in [3.63, 3.8) is 0 Å². The van der Waals surface area contributed by atoms with Gasteiger partial charge in [-0.05, 0) is 42.8 Å². The van der Waals surface area contributed by atoms with Gasteiger partial charge in [0.2, 0.25) is 10.9 Å². The summed E-state index contributed by atoms with van der Waals surface area (Å²) in [7, 11) is 1.30. The molecule has 0 bridgehead atoms. The third-order valence-corrected chi connectivity index (χ3v) is 6.53. The first-order valence-electron chi connectivity index (χ1n) is 9.47. The lowest BCUT2D eigenvalue weighted by Crippen LogP contribution is -2.29.